The highest BCUT2D eigenvalue weighted by Crippen LogP contribution is 2.43. The number of hydrogen-bond donors (Lipinski definition) is 3. The van der Waals surface area contributed by atoms with Crippen LogP contribution >= 0.6 is 7.82 Å². The van der Waals surface area contributed by atoms with Gasteiger partial charge >= 0.3 is 13.8 Å². The van der Waals surface area contributed by atoms with Gasteiger partial charge in [-0.2, -0.15) is 0 Å². The van der Waals surface area contributed by atoms with Crippen LogP contribution in [0, 0.1) is 0 Å². The van der Waals surface area contributed by atoms with Crippen molar-refractivity contribution in [1.82, 2.24) is 0 Å². The van der Waals surface area contributed by atoms with Gasteiger partial charge in [0.05, 0.1) is 25.6 Å². The molecule has 0 spiro atoms. The van der Waals surface area contributed by atoms with Gasteiger partial charge in [0.2, 0.25) is 0 Å². The third kappa shape index (κ3) is 37.6. The molecule has 0 rings (SSSR count). The second kappa shape index (κ2) is 37.7. The molecule has 9 nitrogen and oxygen atoms in total. The summed E-state index contributed by atoms with van der Waals surface area (Å²) in [4.78, 5) is 22.2. The van der Waals surface area contributed by atoms with Gasteiger partial charge in [0.1, 0.15) is 6.61 Å². The summed E-state index contributed by atoms with van der Waals surface area (Å²) >= 11 is 0. The second-order valence-corrected chi connectivity index (χ2v) is 14.5. The van der Waals surface area contributed by atoms with Gasteiger partial charge in [-0.1, -0.05) is 133 Å². The number of aliphatic hydroxyl groups excluding tert-OH is 1. The van der Waals surface area contributed by atoms with Crippen molar-refractivity contribution < 1.29 is 37.9 Å². The Morgan fingerprint density at radius 1 is 0.725 bits per heavy atom. The number of rotatable bonds is 37. The number of carbonyl (C=O) groups is 1. The molecule has 0 saturated carbocycles. The molecule has 0 aromatic heterocycles. The van der Waals surface area contributed by atoms with E-state index in [4.69, 9.17) is 24.3 Å². The lowest BCUT2D eigenvalue weighted by Crippen LogP contribution is -2.25. The SMILES string of the molecule is CC/C=C/C/C=C/C=C/C(O)CCCCCCCC(=O)OC[C@H](COP(=O)(O)OCCN)O/C=C/CCCCCCCC/C=C\CCCCCC. The molecule has 3 atom stereocenters. The number of aliphatic hydroxyl groups is 1. The Morgan fingerprint density at radius 2 is 1.35 bits per heavy atom. The van der Waals surface area contributed by atoms with Crippen molar-refractivity contribution in [3.05, 3.63) is 60.9 Å². The summed E-state index contributed by atoms with van der Waals surface area (Å²) in [6, 6.07) is 0. The Morgan fingerprint density at radius 3 is 2.02 bits per heavy atom. The van der Waals surface area contributed by atoms with E-state index in [0.717, 1.165) is 64.2 Å². The second-order valence-electron chi connectivity index (χ2n) is 13.0. The highest BCUT2D eigenvalue weighted by Gasteiger charge is 2.24. The zero-order valence-corrected chi connectivity index (χ0v) is 33.1. The Labute approximate surface area is 311 Å². The molecule has 0 saturated heterocycles. The molecule has 0 heterocycles. The van der Waals surface area contributed by atoms with Gasteiger partial charge in [0.15, 0.2) is 6.10 Å². The number of phosphoric ester groups is 1. The van der Waals surface area contributed by atoms with Gasteiger partial charge in [-0.3, -0.25) is 13.8 Å². The van der Waals surface area contributed by atoms with Gasteiger partial charge in [0.25, 0.3) is 0 Å². The largest absolute Gasteiger partial charge is 0.492 e. The summed E-state index contributed by atoms with van der Waals surface area (Å²) in [5, 5.41) is 10.1. The smallest absolute Gasteiger partial charge is 0.472 e. The maximum Gasteiger partial charge on any atom is 0.472 e. The van der Waals surface area contributed by atoms with Gasteiger partial charge in [-0.25, -0.2) is 4.57 Å². The molecule has 51 heavy (non-hydrogen) atoms. The average molecular weight is 740 g/mol. The van der Waals surface area contributed by atoms with Crippen molar-refractivity contribution in [1.29, 1.82) is 0 Å². The van der Waals surface area contributed by atoms with Gasteiger partial charge in [0, 0.05) is 13.0 Å². The van der Waals surface area contributed by atoms with E-state index < -0.39 is 20.0 Å². The average Bonchev–Trinajstić information content (AvgIpc) is 3.12. The molecule has 4 N–H and O–H groups in total. The molecule has 0 fully saturated rings. The van der Waals surface area contributed by atoms with Crippen LogP contribution in [0.25, 0.3) is 0 Å². The number of phosphoric acid groups is 1. The van der Waals surface area contributed by atoms with E-state index in [1.54, 1.807) is 6.26 Å². The number of unbranched alkanes of at least 4 members (excludes halogenated alkanes) is 15. The zero-order chi connectivity index (χ0) is 37.5. The summed E-state index contributed by atoms with van der Waals surface area (Å²) in [6.45, 7) is 3.94. The van der Waals surface area contributed by atoms with Crippen LogP contribution < -0.4 is 5.73 Å². The first-order chi connectivity index (χ1) is 24.8. The third-order valence-corrected chi connectivity index (χ3v) is 9.10. The van der Waals surface area contributed by atoms with E-state index in [1.165, 1.54) is 64.2 Å². The molecule has 0 aliphatic carbocycles. The quantitative estimate of drug-likeness (QED) is 0.0142. The van der Waals surface area contributed by atoms with Crippen LogP contribution in [0.5, 0.6) is 0 Å². The first kappa shape index (κ1) is 49.0. The molecule has 0 aliphatic heterocycles. The molecule has 0 bridgehead atoms. The minimum Gasteiger partial charge on any atom is -0.492 e. The van der Waals surface area contributed by atoms with Crippen LogP contribution in [0.2, 0.25) is 0 Å². The first-order valence-corrected chi connectivity index (χ1v) is 21.4. The van der Waals surface area contributed by atoms with Crippen LogP contribution in [0.15, 0.2) is 60.9 Å². The topological polar surface area (TPSA) is 138 Å². The maximum atomic E-state index is 12.4. The predicted molar refractivity (Wildman–Crippen MR) is 211 cm³/mol. The lowest BCUT2D eigenvalue weighted by molar-refractivity contribution is -0.147. The van der Waals surface area contributed by atoms with E-state index in [0.29, 0.717) is 6.42 Å². The molecule has 10 heteroatoms. The summed E-state index contributed by atoms with van der Waals surface area (Å²) in [5.74, 6) is -0.351. The molecule has 0 amide bonds. The Balaban J connectivity index is 4.23. The predicted octanol–water partition coefficient (Wildman–Crippen LogP) is 10.7. The van der Waals surface area contributed by atoms with Gasteiger partial charge in [-0.05, 0) is 70.3 Å². The van der Waals surface area contributed by atoms with Crippen molar-refractivity contribution >= 4 is 13.8 Å². The summed E-state index contributed by atoms with van der Waals surface area (Å²) in [5.41, 5.74) is 5.35. The third-order valence-electron chi connectivity index (χ3n) is 8.11. The van der Waals surface area contributed by atoms with Crippen molar-refractivity contribution in [3.8, 4) is 0 Å². The Kier molecular flexibility index (Phi) is 36.3. The highest BCUT2D eigenvalue weighted by atomic mass is 31.2. The molecule has 2 unspecified atom stereocenters. The highest BCUT2D eigenvalue weighted by molar-refractivity contribution is 7.47. The monoisotopic (exact) mass is 740 g/mol. The van der Waals surface area contributed by atoms with Gasteiger partial charge in [-0.15, -0.1) is 0 Å². The van der Waals surface area contributed by atoms with Crippen LogP contribution in [-0.2, 0) is 27.9 Å². The van der Waals surface area contributed by atoms with Crippen molar-refractivity contribution in [2.45, 2.75) is 167 Å². The summed E-state index contributed by atoms with van der Waals surface area (Å²) < 4.78 is 33.1. The molecule has 0 aromatic carbocycles. The number of carbonyl (C=O) groups excluding carboxylic acids is 1. The van der Waals surface area contributed by atoms with E-state index in [9.17, 15) is 19.4 Å². The number of hydrogen-bond acceptors (Lipinski definition) is 8. The molecule has 296 valence electrons. The van der Waals surface area contributed by atoms with Crippen molar-refractivity contribution in [2.24, 2.45) is 5.73 Å². The fourth-order valence-electron chi connectivity index (χ4n) is 5.10. The molecule has 0 aliphatic rings. The zero-order valence-electron chi connectivity index (χ0n) is 32.2. The van der Waals surface area contributed by atoms with Crippen LogP contribution in [-0.4, -0.2) is 54.5 Å². The van der Waals surface area contributed by atoms with Crippen LogP contribution in [0.4, 0.5) is 0 Å². The van der Waals surface area contributed by atoms with Crippen molar-refractivity contribution in [2.75, 3.05) is 26.4 Å². The maximum absolute atomic E-state index is 12.4. The number of nitrogens with two attached hydrogens (primary N) is 1. The summed E-state index contributed by atoms with van der Waals surface area (Å²) in [7, 11) is -4.29. The minimum atomic E-state index is -4.29. The fraction of sp³-hybridized carbons (Fsp3) is 0.732. The van der Waals surface area contributed by atoms with Crippen LogP contribution in [0.3, 0.4) is 0 Å². The first-order valence-electron chi connectivity index (χ1n) is 19.9. The lowest BCUT2D eigenvalue weighted by Gasteiger charge is -2.19. The minimum absolute atomic E-state index is 0.0829. The number of esters is 1. The van der Waals surface area contributed by atoms with E-state index >= 15 is 0 Å². The normalized spacial score (nSPS) is 14.8. The van der Waals surface area contributed by atoms with E-state index in [1.807, 2.05) is 24.3 Å². The Hall–Kier alpha value is -2.00. The fourth-order valence-corrected chi connectivity index (χ4v) is 5.86. The molecular weight excluding hydrogens is 665 g/mol. The summed E-state index contributed by atoms with van der Waals surface area (Å²) in [6.07, 6.45) is 42.1. The lowest BCUT2D eigenvalue weighted by atomic mass is 10.1. The standard InChI is InChI=1S/C41H74NO8P/c1-3-5-7-9-11-12-13-14-15-16-17-18-19-21-26-30-35-47-40(38-50-51(45,46)49-36-34-42)37-48-41(44)33-29-25-22-24-28-32-39(43)31-27-23-20-10-8-6-4-2/h6,8,12-13,20,23,27,30-31,35,39-40,43H,3-5,7,9-11,14-19,21-22,24-26,28-29,32-34,36-38,42H2,1-2H3,(H,45,46)/b8-6+,13-12-,23-20+,31-27+,35-30+/t39?,40-/m1/s1. The molecular formula is C41H74NO8P. The number of allylic oxidation sites excluding steroid dienone is 8. The Bertz CT molecular complexity index is 981. The van der Waals surface area contributed by atoms with Crippen molar-refractivity contribution in [3.63, 3.8) is 0 Å². The van der Waals surface area contributed by atoms with Gasteiger partial charge < -0.3 is 25.2 Å². The van der Waals surface area contributed by atoms with Crippen LogP contribution in [0.1, 0.15) is 155 Å². The van der Waals surface area contributed by atoms with E-state index in [-0.39, 0.29) is 38.8 Å². The molecule has 0 aromatic rings. The molecule has 0 radical (unpaired) electrons. The van der Waals surface area contributed by atoms with E-state index in [2.05, 4.69) is 44.2 Å². The number of ether oxygens (including phenoxy) is 2.